The average molecular weight is 276 g/mol. The zero-order valence-electron chi connectivity index (χ0n) is 12.0. The summed E-state index contributed by atoms with van der Waals surface area (Å²) in [7, 11) is 0. The van der Waals surface area contributed by atoms with Gasteiger partial charge in [0, 0.05) is 6.54 Å². The topological polar surface area (TPSA) is 61.4 Å². The van der Waals surface area contributed by atoms with Crippen LogP contribution in [-0.2, 0) is 4.79 Å². The van der Waals surface area contributed by atoms with Gasteiger partial charge in [-0.1, -0.05) is 43.7 Å². The molecule has 3 atom stereocenters. The Kier molecular flexibility index (Phi) is 5.56. The summed E-state index contributed by atoms with van der Waals surface area (Å²) >= 11 is 0. The van der Waals surface area contributed by atoms with Crippen molar-refractivity contribution in [3.05, 3.63) is 35.9 Å². The van der Waals surface area contributed by atoms with Gasteiger partial charge in [0.25, 0.3) is 0 Å². The normalized spacial score (nSPS) is 24.1. The number of carbonyl (C=O) groups excluding carboxylic acids is 1. The van der Waals surface area contributed by atoms with E-state index in [0.717, 1.165) is 31.4 Å². The highest BCUT2D eigenvalue weighted by molar-refractivity contribution is 5.81. The maximum Gasteiger partial charge on any atom is 0.237 e. The molecule has 4 heteroatoms. The SMILES string of the molecule is CCC1CCNC(C(=O)NCC(O)c2ccccc2)C1. The fourth-order valence-electron chi connectivity index (χ4n) is 2.68. The van der Waals surface area contributed by atoms with Gasteiger partial charge in [-0.05, 0) is 30.9 Å². The summed E-state index contributed by atoms with van der Waals surface area (Å²) in [5, 5.41) is 16.1. The van der Waals surface area contributed by atoms with Crippen molar-refractivity contribution in [2.45, 2.75) is 38.3 Å². The number of benzene rings is 1. The Bertz CT molecular complexity index is 422. The molecule has 2 rings (SSSR count). The van der Waals surface area contributed by atoms with Crippen LogP contribution in [-0.4, -0.2) is 30.1 Å². The molecule has 4 nitrogen and oxygen atoms in total. The van der Waals surface area contributed by atoms with Crippen LogP contribution in [0.4, 0.5) is 0 Å². The number of aliphatic hydroxyl groups is 1. The molecule has 1 saturated heterocycles. The van der Waals surface area contributed by atoms with Crippen molar-refractivity contribution < 1.29 is 9.90 Å². The van der Waals surface area contributed by atoms with Crippen LogP contribution < -0.4 is 10.6 Å². The molecule has 0 aromatic heterocycles. The molecule has 1 heterocycles. The predicted molar refractivity (Wildman–Crippen MR) is 79.2 cm³/mol. The van der Waals surface area contributed by atoms with Gasteiger partial charge in [0.1, 0.15) is 0 Å². The van der Waals surface area contributed by atoms with E-state index in [9.17, 15) is 9.90 Å². The van der Waals surface area contributed by atoms with E-state index in [2.05, 4.69) is 17.6 Å². The molecular formula is C16H24N2O2. The van der Waals surface area contributed by atoms with Gasteiger partial charge in [0.2, 0.25) is 5.91 Å². The lowest BCUT2D eigenvalue weighted by Crippen LogP contribution is -2.49. The molecular weight excluding hydrogens is 252 g/mol. The highest BCUT2D eigenvalue weighted by atomic mass is 16.3. The summed E-state index contributed by atoms with van der Waals surface area (Å²) in [5.41, 5.74) is 0.829. The van der Waals surface area contributed by atoms with Crippen LogP contribution in [0.1, 0.15) is 37.9 Å². The molecule has 3 N–H and O–H groups in total. The van der Waals surface area contributed by atoms with Crippen LogP contribution in [0.3, 0.4) is 0 Å². The fraction of sp³-hybridized carbons (Fsp3) is 0.562. The molecule has 0 aliphatic carbocycles. The van der Waals surface area contributed by atoms with E-state index >= 15 is 0 Å². The molecule has 20 heavy (non-hydrogen) atoms. The Morgan fingerprint density at radius 3 is 2.90 bits per heavy atom. The van der Waals surface area contributed by atoms with E-state index in [4.69, 9.17) is 0 Å². The predicted octanol–water partition coefficient (Wildman–Crippen LogP) is 1.61. The standard InChI is InChI=1S/C16H24N2O2/c1-2-12-8-9-17-14(10-12)16(20)18-11-15(19)13-6-4-3-5-7-13/h3-7,12,14-15,17,19H,2,8-11H2,1H3,(H,18,20). The second kappa shape index (κ2) is 7.41. The van der Waals surface area contributed by atoms with Gasteiger partial charge in [-0.3, -0.25) is 4.79 Å². The van der Waals surface area contributed by atoms with Gasteiger partial charge in [-0.2, -0.15) is 0 Å². The van der Waals surface area contributed by atoms with Gasteiger partial charge in [-0.25, -0.2) is 0 Å². The maximum absolute atomic E-state index is 12.1. The lowest BCUT2D eigenvalue weighted by Gasteiger charge is -2.29. The Morgan fingerprint density at radius 1 is 1.45 bits per heavy atom. The molecule has 1 fully saturated rings. The minimum Gasteiger partial charge on any atom is -0.387 e. The third-order valence-corrected chi connectivity index (χ3v) is 4.06. The molecule has 110 valence electrons. The van der Waals surface area contributed by atoms with E-state index in [0.29, 0.717) is 5.92 Å². The lowest BCUT2D eigenvalue weighted by molar-refractivity contribution is -0.124. The zero-order valence-corrected chi connectivity index (χ0v) is 12.0. The smallest absolute Gasteiger partial charge is 0.237 e. The molecule has 3 unspecified atom stereocenters. The lowest BCUT2D eigenvalue weighted by atomic mass is 9.90. The van der Waals surface area contributed by atoms with Gasteiger partial charge >= 0.3 is 0 Å². The second-order valence-corrected chi connectivity index (χ2v) is 5.48. The van der Waals surface area contributed by atoms with Crippen molar-refractivity contribution in [3.63, 3.8) is 0 Å². The average Bonchev–Trinajstić information content (AvgIpc) is 2.53. The second-order valence-electron chi connectivity index (χ2n) is 5.48. The molecule has 0 bridgehead atoms. The van der Waals surface area contributed by atoms with Crippen LogP contribution in [0.15, 0.2) is 30.3 Å². The van der Waals surface area contributed by atoms with E-state index in [-0.39, 0.29) is 18.5 Å². The molecule has 1 amide bonds. The zero-order chi connectivity index (χ0) is 14.4. The number of hydrogen-bond acceptors (Lipinski definition) is 3. The molecule has 1 aliphatic heterocycles. The number of rotatable bonds is 5. The van der Waals surface area contributed by atoms with Crippen molar-refractivity contribution in [3.8, 4) is 0 Å². The van der Waals surface area contributed by atoms with Crippen molar-refractivity contribution in [2.75, 3.05) is 13.1 Å². The summed E-state index contributed by atoms with van der Waals surface area (Å²) < 4.78 is 0. The van der Waals surface area contributed by atoms with Gasteiger partial charge in [0.15, 0.2) is 0 Å². The summed E-state index contributed by atoms with van der Waals surface area (Å²) in [4.78, 5) is 12.1. The molecule has 1 aliphatic rings. The number of amides is 1. The van der Waals surface area contributed by atoms with E-state index in [1.165, 1.54) is 0 Å². The van der Waals surface area contributed by atoms with Crippen molar-refractivity contribution in [1.82, 2.24) is 10.6 Å². The number of piperidine rings is 1. The Balaban J connectivity index is 1.80. The molecule has 0 spiro atoms. The maximum atomic E-state index is 12.1. The Hall–Kier alpha value is -1.39. The third kappa shape index (κ3) is 4.05. The first kappa shape index (κ1) is 15.0. The molecule has 1 aromatic rings. The van der Waals surface area contributed by atoms with Crippen molar-refractivity contribution >= 4 is 5.91 Å². The summed E-state index contributed by atoms with van der Waals surface area (Å²) in [5.74, 6) is 0.629. The highest BCUT2D eigenvalue weighted by Gasteiger charge is 2.25. The van der Waals surface area contributed by atoms with Crippen LogP contribution in [0, 0.1) is 5.92 Å². The molecule has 1 aromatic carbocycles. The quantitative estimate of drug-likeness (QED) is 0.766. The molecule has 0 radical (unpaired) electrons. The fourth-order valence-corrected chi connectivity index (χ4v) is 2.68. The van der Waals surface area contributed by atoms with Gasteiger partial charge < -0.3 is 15.7 Å². The summed E-state index contributed by atoms with van der Waals surface area (Å²) in [6.07, 6.45) is 2.51. The number of aliphatic hydroxyl groups excluding tert-OH is 1. The molecule has 0 saturated carbocycles. The van der Waals surface area contributed by atoms with Crippen LogP contribution in [0.5, 0.6) is 0 Å². The number of carbonyl (C=O) groups is 1. The highest BCUT2D eigenvalue weighted by Crippen LogP contribution is 2.19. The Morgan fingerprint density at radius 2 is 2.20 bits per heavy atom. The minimum atomic E-state index is -0.647. The van der Waals surface area contributed by atoms with Crippen molar-refractivity contribution in [1.29, 1.82) is 0 Å². The number of nitrogens with one attached hydrogen (secondary N) is 2. The van der Waals surface area contributed by atoms with E-state index < -0.39 is 6.10 Å². The van der Waals surface area contributed by atoms with Crippen LogP contribution >= 0.6 is 0 Å². The van der Waals surface area contributed by atoms with Crippen LogP contribution in [0.25, 0.3) is 0 Å². The van der Waals surface area contributed by atoms with E-state index in [1.54, 1.807) is 0 Å². The minimum absolute atomic E-state index is 0.00173. The number of hydrogen-bond donors (Lipinski definition) is 3. The monoisotopic (exact) mass is 276 g/mol. The summed E-state index contributed by atoms with van der Waals surface area (Å²) in [6, 6.07) is 9.29. The first-order chi connectivity index (χ1) is 9.70. The van der Waals surface area contributed by atoms with Crippen molar-refractivity contribution in [2.24, 2.45) is 5.92 Å². The van der Waals surface area contributed by atoms with Gasteiger partial charge in [0.05, 0.1) is 12.1 Å². The Labute approximate surface area is 120 Å². The summed E-state index contributed by atoms with van der Waals surface area (Å²) in [6.45, 7) is 3.33. The largest absolute Gasteiger partial charge is 0.387 e. The van der Waals surface area contributed by atoms with Gasteiger partial charge in [-0.15, -0.1) is 0 Å². The van der Waals surface area contributed by atoms with Crippen LogP contribution in [0.2, 0.25) is 0 Å². The first-order valence-electron chi connectivity index (χ1n) is 7.44. The first-order valence-corrected chi connectivity index (χ1v) is 7.44. The van der Waals surface area contributed by atoms with E-state index in [1.807, 2.05) is 30.3 Å². The third-order valence-electron chi connectivity index (χ3n) is 4.06.